The fourth-order valence-corrected chi connectivity index (χ4v) is 0.726. The molecule has 0 aliphatic heterocycles. The Morgan fingerprint density at radius 1 is 1.64 bits per heavy atom. The van der Waals surface area contributed by atoms with Crippen LogP contribution in [0.1, 0.15) is 19.8 Å². The van der Waals surface area contributed by atoms with Gasteiger partial charge >= 0.3 is 5.97 Å². The van der Waals surface area contributed by atoms with E-state index in [2.05, 4.69) is 0 Å². The topological polar surface area (TPSA) is 66.4 Å². The van der Waals surface area contributed by atoms with Crippen molar-refractivity contribution in [2.45, 2.75) is 31.7 Å². The fourth-order valence-electron chi connectivity index (χ4n) is 0.726. The molecule has 0 aliphatic rings. The smallest absolute Gasteiger partial charge is 0.323 e. The first-order chi connectivity index (χ1) is 5.87. The molecule has 0 saturated carbocycles. The Balaban J connectivity index is 0. The average molecular weight is 451 g/mol. The molecule has 0 rings (SSSR count). The Hall–Kier alpha value is -2.20. The fraction of sp³-hybridized carbons (Fsp3) is 0.714. The first-order valence-electron chi connectivity index (χ1n) is 3.60. The normalized spacial score (nSPS) is 12.5. The van der Waals surface area contributed by atoms with E-state index in [-0.39, 0.29) is 6.42 Å². The quantitative estimate of drug-likeness (QED) is 0.458. The summed E-state index contributed by atoms with van der Waals surface area (Å²) in [6.45, 7) is 0.691. The van der Waals surface area contributed by atoms with Gasteiger partial charge in [-0.25, -0.2) is 8.78 Å². The molecule has 88 valence electrons. The van der Waals surface area contributed by atoms with Crippen LogP contribution in [-0.2, 0) is 9.59 Å². The van der Waals surface area contributed by atoms with Gasteiger partial charge in [0.2, 0.25) is 5.92 Å². The molecule has 14 heavy (non-hydrogen) atoms. The van der Waals surface area contributed by atoms with E-state index in [1.165, 1.54) is 0 Å². The largest absolute Gasteiger partial charge is 0.520 e. The number of carbonyl (C=O) groups is 1. The summed E-state index contributed by atoms with van der Waals surface area (Å²) in [6.07, 6.45) is 0.264. The third kappa shape index (κ3) is 6.51. The second-order valence-electron chi connectivity index (χ2n) is 2.75. The number of aliphatic carboxylic acids is 1. The number of carboxylic acid groups (broad SMARTS) is 1. The molecular weight excluding hydrogens is 441 g/mol. The second-order valence-corrected chi connectivity index (χ2v) is 2.75. The molecule has 0 spiro atoms. The van der Waals surface area contributed by atoms with Crippen LogP contribution < -0.4 is 5.32 Å². The maximum Gasteiger partial charge on any atom is 0.323 e. The zero-order valence-electron chi connectivity index (χ0n) is 7.30. The molecular formula is C7H10F2FmNO3-. The number of hydrogen-bond donors (Lipinski definition) is 2. The van der Waals surface area contributed by atoms with Crippen molar-refractivity contribution < 1.29 is 23.5 Å². The summed E-state index contributed by atoms with van der Waals surface area (Å²) in [5.74, 6) is -4.26. The second kappa shape index (κ2) is 5.45. The Kier molecular flexibility index (Phi) is 5.58. The van der Waals surface area contributed by atoms with Gasteiger partial charge in [0, 0.05) is 6.42 Å². The van der Waals surface area contributed by atoms with E-state index in [0.29, 0.717) is 6.92 Å². The van der Waals surface area contributed by atoms with Crippen LogP contribution in [0.15, 0.2) is 0 Å². The summed E-state index contributed by atoms with van der Waals surface area (Å²) in [5, 5.41) is 10.2. The van der Waals surface area contributed by atoms with Gasteiger partial charge in [-0.15, -0.1) is 0 Å². The maximum absolute atomic E-state index is 12.3. The number of carboxylic acids is 1. The van der Waals surface area contributed by atoms with Crippen molar-refractivity contribution in [1.82, 2.24) is 5.32 Å². The SMILES string of the molecule is CC(F)(F)CCC(N[C-]=O)C(=O)O.[Fm]. The van der Waals surface area contributed by atoms with E-state index in [0.717, 1.165) is 6.41 Å². The summed E-state index contributed by atoms with van der Waals surface area (Å²) < 4.78 is 24.5. The predicted molar refractivity (Wildman–Crippen MR) is 40.1 cm³/mol. The van der Waals surface area contributed by atoms with Crippen LogP contribution in [0, 0.1) is 0 Å². The van der Waals surface area contributed by atoms with E-state index < -0.39 is 24.4 Å². The van der Waals surface area contributed by atoms with Crippen LogP contribution in [0.2, 0.25) is 0 Å². The third-order valence-electron chi connectivity index (χ3n) is 1.40. The van der Waals surface area contributed by atoms with E-state index in [1.54, 1.807) is 0 Å². The average Bonchev–Trinajstić information content (AvgIpc) is 1.95. The van der Waals surface area contributed by atoms with Gasteiger partial charge in [0.05, 0.1) is 6.04 Å². The minimum atomic E-state index is -2.92. The van der Waals surface area contributed by atoms with Crippen molar-refractivity contribution in [3.63, 3.8) is 0 Å². The van der Waals surface area contributed by atoms with Crippen molar-refractivity contribution in [3.05, 3.63) is 0 Å². The molecule has 1 unspecified atom stereocenters. The first-order valence-corrected chi connectivity index (χ1v) is 3.60. The van der Waals surface area contributed by atoms with Crippen LogP contribution in [0.25, 0.3) is 0 Å². The number of nitrogens with one attached hydrogen (secondary N) is 1. The van der Waals surface area contributed by atoms with Crippen LogP contribution in [-0.4, -0.2) is 29.5 Å². The van der Waals surface area contributed by atoms with E-state index in [4.69, 9.17) is 5.11 Å². The molecule has 1 atom stereocenters. The zero-order chi connectivity index (χ0) is 10.5. The number of alkyl halides is 2. The van der Waals surface area contributed by atoms with Gasteiger partial charge in [0.1, 0.15) is 0 Å². The summed E-state index contributed by atoms with van der Waals surface area (Å²) in [4.78, 5) is 20.1. The Morgan fingerprint density at radius 3 is 2.43 bits per heavy atom. The first kappa shape index (κ1) is 14.3. The third-order valence-corrected chi connectivity index (χ3v) is 1.40. The molecule has 1 amide bonds. The molecule has 0 aliphatic carbocycles. The molecule has 0 bridgehead atoms. The van der Waals surface area contributed by atoms with Crippen molar-refractivity contribution in [2.24, 2.45) is 0 Å². The van der Waals surface area contributed by atoms with Gasteiger partial charge in [-0.3, -0.25) is 4.79 Å². The van der Waals surface area contributed by atoms with Crippen molar-refractivity contribution in [2.75, 3.05) is 0 Å². The van der Waals surface area contributed by atoms with E-state index >= 15 is 0 Å². The minimum Gasteiger partial charge on any atom is -0.520 e. The molecule has 0 aromatic carbocycles. The molecule has 0 saturated heterocycles. The number of halogens is 2. The number of hydrogen-bond acceptors (Lipinski definition) is 2. The van der Waals surface area contributed by atoms with Crippen LogP contribution in [0.5, 0.6) is 0 Å². The monoisotopic (exact) mass is 451 g/mol. The summed E-state index contributed by atoms with van der Waals surface area (Å²) >= 11 is 0. The molecule has 0 fully saturated rings. The number of amides is 1. The maximum atomic E-state index is 12.3. The number of carbonyl (C=O) groups excluding carboxylic acids is 1. The molecule has 7 heteroatoms. The molecule has 0 radical (unpaired) electrons. The molecule has 0 aromatic rings. The van der Waals surface area contributed by atoms with Gasteiger partial charge in [-0.2, -0.15) is 6.41 Å². The Morgan fingerprint density at radius 2 is 2.14 bits per heavy atom. The van der Waals surface area contributed by atoms with Gasteiger partial charge in [0.15, 0.2) is 0 Å². The van der Waals surface area contributed by atoms with Crippen LogP contribution in [0.3, 0.4) is 0 Å². The number of rotatable bonds is 6. The van der Waals surface area contributed by atoms with Gasteiger partial charge in [-0.05, 0) is 13.3 Å². The van der Waals surface area contributed by atoms with Crippen LogP contribution >= 0.6 is 0 Å². The van der Waals surface area contributed by atoms with Gasteiger partial charge in [-0.1, -0.05) is 0 Å². The molecule has 4 nitrogen and oxygen atoms in total. The minimum absolute atomic E-state index is 0. The van der Waals surface area contributed by atoms with E-state index in [1.807, 2.05) is 5.32 Å². The van der Waals surface area contributed by atoms with Crippen molar-refractivity contribution in [1.29, 1.82) is 0 Å². The summed E-state index contributed by atoms with van der Waals surface area (Å²) in [6, 6.07) is -1.29. The summed E-state index contributed by atoms with van der Waals surface area (Å²) in [7, 11) is 0. The molecule has 0 heterocycles. The van der Waals surface area contributed by atoms with Crippen molar-refractivity contribution >= 4 is 12.4 Å². The summed E-state index contributed by atoms with van der Waals surface area (Å²) in [5.41, 5.74) is 0. The van der Waals surface area contributed by atoms with E-state index in [9.17, 15) is 18.4 Å². The van der Waals surface area contributed by atoms with Gasteiger partial charge < -0.3 is 15.2 Å². The Bertz CT molecular complexity index is 196. The predicted octanol–water partition coefficient (Wildman–Crippen LogP) is 0.532. The van der Waals surface area contributed by atoms with Crippen molar-refractivity contribution in [3.8, 4) is 0 Å². The molecule has 0 aromatic heterocycles. The molecule has 2 N–H and O–H groups in total. The zero-order valence-corrected chi connectivity index (χ0v) is 9.70. The van der Waals surface area contributed by atoms with Crippen LogP contribution in [0.4, 0.5) is 8.78 Å². The van der Waals surface area contributed by atoms with Gasteiger partial charge in [0.25, 0.3) is 0 Å². The standard InChI is InChI=1S/C7H10F2NO3.Fm/c1-7(8,9)3-2-5(6(12)13)10-4-11;/h5H,2-3H2,1H3,(H,10,11)(H,12,13);/q-1;. The Labute approximate surface area is 73.9 Å².